The first-order valence-electron chi connectivity index (χ1n) is 10.3. The molecule has 0 spiro atoms. The first-order valence-corrected chi connectivity index (χ1v) is 10.7. The highest BCUT2D eigenvalue weighted by Gasteiger charge is 2.24. The fourth-order valence-corrected chi connectivity index (χ4v) is 3.97. The van der Waals surface area contributed by atoms with E-state index >= 15 is 4.39 Å². The molecular formula is C21H23BClFN4O4. The molecular weight excluding hydrogens is 438 g/mol. The molecule has 0 radical (unpaired) electrons. The topological polar surface area (TPSA) is 97.6 Å². The number of benzene rings is 2. The number of ether oxygens (including phenoxy) is 1. The number of amides is 1. The predicted molar refractivity (Wildman–Crippen MR) is 122 cm³/mol. The number of aromatic nitrogens is 2. The van der Waals surface area contributed by atoms with Crippen LogP contribution in [0.2, 0.25) is 5.02 Å². The van der Waals surface area contributed by atoms with Gasteiger partial charge in [0.05, 0.1) is 59.7 Å². The molecule has 2 aromatic carbocycles. The lowest BCUT2D eigenvalue weighted by atomic mass is 9.96. The van der Waals surface area contributed by atoms with E-state index in [9.17, 15) is 4.79 Å². The van der Waals surface area contributed by atoms with Gasteiger partial charge in [0.25, 0.3) is 5.91 Å². The third-order valence-corrected chi connectivity index (χ3v) is 5.58. The number of aliphatic hydroxyl groups is 1. The van der Waals surface area contributed by atoms with Crippen LogP contribution in [-0.4, -0.2) is 54.3 Å². The lowest BCUT2D eigenvalue weighted by Gasteiger charge is -2.16. The van der Waals surface area contributed by atoms with E-state index in [4.69, 9.17) is 26.3 Å². The maximum atomic E-state index is 15.6. The van der Waals surface area contributed by atoms with Crippen molar-refractivity contribution >= 4 is 53.2 Å². The first kappa shape index (κ1) is 22.5. The SMILES string of the molecule is Bc1ccc(Nc2c(C(=O)NOCCO)cc3c(ncn3CC3CCCO3)c2F)c(Cl)c1. The number of nitrogens with zero attached hydrogens (tertiary/aromatic N) is 2. The quantitative estimate of drug-likeness (QED) is 0.269. The zero-order valence-corrected chi connectivity index (χ0v) is 18.3. The smallest absolute Gasteiger partial charge is 0.277 e. The average Bonchev–Trinajstić information content (AvgIpc) is 3.42. The number of aliphatic hydroxyl groups excluding tert-OH is 1. The van der Waals surface area contributed by atoms with E-state index in [0.717, 1.165) is 18.3 Å². The minimum absolute atomic E-state index is 0.0127. The van der Waals surface area contributed by atoms with E-state index in [1.807, 2.05) is 13.9 Å². The summed E-state index contributed by atoms with van der Waals surface area (Å²) in [6.07, 6.45) is 3.45. The van der Waals surface area contributed by atoms with Crippen LogP contribution in [0.1, 0.15) is 23.2 Å². The number of halogens is 2. The molecule has 4 rings (SSSR count). The summed E-state index contributed by atoms with van der Waals surface area (Å²) >= 11 is 6.31. The normalized spacial score (nSPS) is 15.9. The van der Waals surface area contributed by atoms with E-state index in [1.165, 1.54) is 0 Å². The molecule has 1 amide bonds. The molecule has 1 aliphatic heterocycles. The van der Waals surface area contributed by atoms with E-state index in [-0.39, 0.29) is 36.1 Å². The summed E-state index contributed by atoms with van der Waals surface area (Å²) in [7, 11) is 1.89. The third kappa shape index (κ3) is 4.73. The van der Waals surface area contributed by atoms with Gasteiger partial charge in [-0.3, -0.25) is 9.63 Å². The highest BCUT2D eigenvalue weighted by molar-refractivity contribution is 6.37. The Morgan fingerprint density at radius 2 is 2.28 bits per heavy atom. The molecule has 11 heteroatoms. The van der Waals surface area contributed by atoms with Crippen LogP contribution in [0.3, 0.4) is 0 Å². The molecule has 8 nitrogen and oxygen atoms in total. The zero-order chi connectivity index (χ0) is 22.7. The molecule has 1 fully saturated rings. The Kier molecular flexibility index (Phi) is 6.95. The molecule has 1 atom stereocenters. The number of fused-ring (bicyclic) bond motifs is 1. The van der Waals surface area contributed by atoms with E-state index in [0.29, 0.717) is 29.4 Å². The van der Waals surface area contributed by atoms with Crippen LogP contribution >= 0.6 is 11.6 Å². The molecule has 0 aliphatic carbocycles. The van der Waals surface area contributed by atoms with E-state index < -0.39 is 11.7 Å². The van der Waals surface area contributed by atoms with Gasteiger partial charge < -0.3 is 19.7 Å². The van der Waals surface area contributed by atoms with Crippen molar-refractivity contribution in [3.63, 3.8) is 0 Å². The molecule has 2 heterocycles. The van der Waals surface area contributed by atoms with Gasteiger partial charge in [-0.25, -0.2) is 14.9 Å². The molecule has 1 aromatic heterocycles. The van der Waals surface area contributed by atoms with Crippen molar-refractivity contribution in [1.82, 2.24) is 15.0 Å². The maximum absolute atomic E-state index is 15.6. The second-order valence-electron chi connectivity index (χ2n) is 7.62. The number of anilines is 2. The Hall–Kier alpha value is -2.66. The molecule has 1 aliphatic rings. The summed E-state index contributed by atoms with van der Waals surface area (Å²) in [4.78, 5) is 22.0. The molecule has 168 valence electrons. The lowest BCUT2D eigenvalue weighted by Crippen LogP contribution is -2.26. The maximum Gasteiger partial charge on any atom is 0.277 e. The van der Waals surface area contributed by atoms with Crippen molar-refractivity contribution in [3.8, 4) is 0 Å². The fraction of sp³-hybridized carbons (Fsp3) is 0.333. The number of rotatable bonds is 8. The zero-order valence-electron chi connectivity index (χ0n) is 17.5. The summed E-state index contributed by atoms with van der Waals surface area (Å²) in [6, 6.07) is 6.83. The van der Waals surface area contributed by atoms with Crippen LogP contribution in [0.4, 0.5) is 15.8 Å². The number of imidazole rings is 1. The molecule has 32 heavy (non-hydrogen) atoms. The highest BCUT2D eigenvalue weighted by Crippen LogP contribution is 2.33. The average molecular weight is 461 g/mol. The van der Waals surface area contributed by atoms with E-state index in [2.05, 4.69) is 15.8 Å². The Labute approximate surface area is 190 Å². The van der Waals surface area contributed by atoms with Crippen molar-refractivity contribution in [2.75, 3.05) is 25.1 Å². The van der Waals surface area contributed by atoms with Gasteiger partial charge in [0, 0.05) is 6.61 Å². The van der Waals surface area contributed by atoms with Gasteiger partial charge >= 0.3 is 0 Å². The van der Waals surface area contributed by atoms with Crippen LogP contribution in [-0.2, 0) is 16.1 Å². The summed E-state index contributed by atoms with van der Waals surface area (Å²) in [5.74, 6) is -1.35. The molecule has 1 saturated heterocycles. The second kappa shape index (κ2) is 9.87. The van der Waals surface area contributed by atoms with Gasteiger partial charge in [0.15, 0.2) is 5.82 Å². The van der Waals surface area contributed by atoms with Gasteiger partial charge in [0.1, 0.15) is 13.4 Å². The number of carbonyl (C=O) groups excluding carboxylic acids is 1. The Morgan fingerprint density at radius 1 is 1.44 bits per heavy atom. The first-order chi connectivity index (χ1) is 15.5. The van der Waals surface area contributed by atoms with Gasteiger partial charge in [-0.15, -0.1) is 0 Å². The van der Waals surface area contributed by atoms with Crippen LogP contribution in [0.15, 0.2) is 30.6 Å². The van der Waals surface area contributed by atoms with Gasteiger partial charge in [0.2, 0.25) is 0 Å². The van der Waals surface area contributed by atoms with E-state index in [1.54, 1.807) is 29.1 Å². The third-order valence-electron chi connectivity index (χ3n) is 5.27. The Morgan fingerprint density at radius 3 is 3.00 bits per heavy atom. The summed E-state index contributed by atoms with van der Waals surface area (Å²) in [5, 5.41) is 12.2. The second-order valence-corrected chi connectivity index (χ2v) is 8.03. The van der Waals surface area contributed by atoms with Gasteiger partial charge in [-0.1, -0.05) is 23.1 Å². The molecule has 3 aromatic rings. The van der Waals surface area contributed by atoms with Crippen LogP contribution in [0, 0.1) is 5.82 Å². The minimum Gasteiger partial charge on any atom is -0.394 e. The van der Waals surface area contributed by atoms with Crippen molar-refractivity contribution in [3.05, 3.63) is 47.0 Å². The number of hydrogen-bond acceptors (Lipinski definition) is 6. The Bertz CT molecular complexity index is 1140. The minimum atomic E-state index is -0.683. The fourth-order valence-electron chi connectivity index (χ4n) is 3.69. The van der Waals surface area contributed by atoms with Gasteiger partial charge in [-0.2, -0.15) is 0 Å². The largest absolute Gasteiger partial charge is 0.394 e. The highest BCUT2D eigenvalue weighted by atomic mass is 35.5. The van der Waals surface area contributed by atoms with Crippen molar-refractivity contribution in [1.29, 1.82) is 0 Å². The summed E-state index contributed by atoms with van der Waals surface area (Å²) < 4.78 is 23.1. The summed E-state index contributed by atoms with van der Waals surface area (Å²) in [6.45, 7) is 0.841. The van der Waals surface area contributed by atoms with Gasteiger partial charge in [-0.05, 0) is 31.0 Å². The van der Waals surface area contributed by atoms with Crippen molar-refractivity contribution in [2.45, 2.75) is 25.5 Å². The predicted octanol–water partition coefficient (Wildman–Crippen LogP) is 1.66. The molecule has 1 unspecified atom stereocenters. The molecule has 3 N–H and O–H groups in total. The Balaban J connectivity index is 1.76. The standard InChI is InChI=1S/C21H23BClFN4O4/c22-12-3-4-16(15(23)8-12)26-19-14(21(30)27-32-7-5-29)9-17-20(18(19)24)25-11-28(17)10-13-2-1-6-31-13/h3-4,8-9,11,13,26,29H,1-2,5-7,10,22H2,(H,27,30). The van der Waals surface area contributed by atoms with Crippen molar-refractivity contribution in [2.24, 2.45) is 0 Å². The lowest BCUT2D eigenvalue weighted by molar-refractivity contribution is 0.0169. The van der Waals surface area contributed by atoms with Crippen LogP contribution in [0.5, 0.6) is 0 Å². The number of carbonyl (C=O) groups is 1. The molecule has 0 bridgehead atoms. The number of hydroxylamine groups is 1. The van der Waals surface area contributed by atoms with Crippen molar-refractivity contribution < 1.29 is 23.9 Å². The summed E-state index contributed by atoms with van der Waals surface area (Å²) in [5.41, 5.74) is 4.15. The number of nitrogens with one attached hydrogen (secondary N) is 2. The molecule has 0 saturated carbocycles. The monoisotopic (exact) mass is 460 g/mol. The van der Waals surface area contributed by atoms with Crippen LogP contribution < -0.4 is 16.3 Å². The number of hydrogen-bond donors (Lipinski definition) is 3. The van der Waals surface area contributed by atoms with Crippen LogP contribution in [0.25, 0.3) is 11.0 Å².